The summed E-state index contributed by atoms with van der Waals surface area (Å²) in [5.41, 5.74) is -0.537. The molecule has 0 radical (unpaired) electrons. The van der Waals surface area contributed by atoms with E-state index >= 15 is 0 Å². The molecule has 0 aromatic heterocycles. The Morgan fingerprint density at radius 2 is 1.92 bits per heavy atom. The van der Waals surface area contributed by atoms with Gasteiger partial charge in [0.05, 0.1) is 32.9 Å². The monoisotopic (exact) mass is 341 g/mol. The van der Waals surface area contributed by atoms with Crippen LogP contribution >= 0.6 is 0 Å². The van der Waals surface area contributed by atoms with Crippen LogP contribution in [-0.2, 0) is 19.1 Å². The predicted molar refractivity (Wildman–Crippen MR) is 90.7 cm³/mol. The number of likely N-dealkylation sites (N-methyl/N-ethyl adjacent to an activating group) is 1. The molecule has 2 fully saturated rings. The zero-order valence-corrected chi connectivity index (χ0v) is 15.2. The summed E-state index contributed by atoms with van der Waals surface area (Å²) in [6.45, 7) is 8.45. The van der Waals surface area contributed by atoms with Crippen molar-refractivity contribution in [2.45, 2.75) is 32.3 Å². The minimum atomic E-state index is -0.537. The maximum atomic E-state index is 12.7. The molecule has 2 aliphatic heterocycles. The lowest BCUT2D eigenvalue weighted by Crippen LogP contribution is -2.61. The Bertz CT molecular complexity index is 442. The van der Waals surface area contributed by atoms with Gasteiger partial charge in [-0.05, 0) is 12.8 Å². The van der Waals surface area contributed by atoms with Crippen molar-refractivity contribution in [3.63, 3.8) is 0 Å². The van der Waals surface area contributed by atoms with Crippen molar-refractivity contribution in [2.75, 3.05) is 59.6 Å². The SMILES string of the molecule is CCC(CC)C(=O)N1CCOC2(COCCN(CC(=O)NC)C2)C1. The molecular weight excluding hydrogens is 310 g/mol. The first-order valence-corrected chi connectivity index (χ1v) is 8.97. The summed E-state index contributed by atoms with van der Waals surface area (Å²) in [5, 5.41) is 2.65. The molecule has 2 aliphatic rings. The maximum Gasteiger partial charge on any atom is 0.233 e. The number of nitrogens with one attached hydrogen (secondary N) is 1. The Labute approximate surface area is 144 Å². The quantitative estimate of drug-likeness (QED) is 0.768. The second kappa shape index (κ2) is 8.78. The Balaban J connectivity index is 2.06. The van der Waals surface area contributed by atoms with Gasteiger partial charge in [-0.25, -0.2) is 0 Å². The molecule has 0 aromatic rings. The van der Waals surface area contributed by atoms with Gasteiger partial charge in [-0.1, -0.05) is 13.8 Å². The minimum absolute atomic E-state index is 0.0205. The van der Waals surface area contributed by atoms with Gasteiger partial charge < -0.3 is 19.7 Å². The Morgan fingerprint density at radius 1 is 1.17 bits per heavy atom. The Morgan fingerprint density at radius 3 is 2.58 bits per heavy atom. The van der Waals surface area contributed by atoms with Crippen molar-refractivity contribution in [1.82, 2.24) is 15.1 Å². The highest BCUT2D eigenvalue weighted by Crippen LogP contribution is 2.24. The second-order valence-corrected chi connectivity index (χ2v) is 6.74. The summed E-state index contributed by atoms with van der Waals surface area (Å²) in [7, 11) is 1.64. The first-order chi connectivity index (χ1) is 11.5. The van der Waals surface area contributed by atoms with Crippen LogP contribution in [0.25, 0.3) is 0 Å². The highest BCUT2D eigenvalue weighted by Gasteiger charge is 2.42. The zero-order chi connectivity index (χ0) is 17.6. The normalized spacial score (nSPS) is 25.8. The summed E-state index contributed by atoms with van der Waals surface area (Å²) in [4.78, 5) is 28.4. The third-order valence-corrected chi connectivity index (χ3v) is 4.97. The maximum absolute atomic E-state index is 12.7. The number of hydrogen-bond donors (Lipinski definition) is 1. The van der Waals surface area contributed by atoms with Gasteiger partial charge >= 0.3 is 0 Å². The van der Waals surface area contributed by atoms with Crippen molar-refractivity contribution in [3.8, 4) is 0 Å². The largest absolute Gasteiger partial charge is 0.377 e. The molecule has 2 amide bonds. The highest BCUT2D eigenvalue weighted by molar-refractivity contribution is 5.79. The molecule has 7 nitrogen and oxygen atoms in total. The first-order valence-electron chi connectivity index (χ1n) is 8.97. The van der Waals surface area contributed by atoms with E-state index in [-0.39, 0.29) is 17.7 Å². The van der Waals surface area contributed by atoms with Crippen LogP contribution < -0.4 is 5.32 Å². The van der Waals surface area contributed by atoms with Gasteiger partial charge in [0, 0.05) is 32.6 Å². The molecule has 1 unspecified atom stereocenters. The lowest BCUT2D eigenvalue weighted by molar-refractivity contribution is -0.165. The fraction of sp³-hybridized carbons (Fsp3) is 0.882. The number of morpholine rings is 1. The van der Waals surface area contributed by atoms with E-state index in [0.717, 1.165) is 12.8 Å². The molecule has 24 heavy (non-hydrogen) atoms. The molecule has 2 heterocycles. The van der Waals surface area contributed by atoms with Crippen LogP contribution in [0.3, 0.4) is 0 Å². The van der Waals surface area contributed by atoms with Gasteiger partial charge in [-0.2, -0.15) is 0 Å². The average Bonchev–Trinajstić information content (AvgIpc) is 2.77. The summed E-state index contributed by atoms with van der Waals surface area (Å²) in [6.07, 6.45) is 1.72. The topological polar surface area (TPSA) is 71.1 Å². The average molecular weight is 341 g/mol. The van der Waals surface area contributed by atoms with Crippen LogP contribution in [0.5, 0.6) is 0 Å². The fourth-order valence-corrected chi connectivity index (χ4v) is 3.51. The smallest absolute Gasteiger partial charge is 0.233 e. The van der Waals surface area contributed by atoms with Gasteiger partial charge in [-0.15, -0.1) is 0 Å². The number of carbonyl (C=O) groups excluding carboxylic acids is 2. The fourth-order valence-electron chi connectivity index (χ4n) is 3.51. The summed E-state index contributed by atoms with van der Waals surface area (Å²) < 4.78 is 11.8. The van der Waals surface area contributed by atoms with Gasteiger partial charge in [0.15, 0.2) is 0 Å². The molecule has 1 spiro atoms. The van der Waals surface area contributed by atoms with Crippen LogP contribution in [0, 0.1) is 5.92 Å². The van der Waals surface area contributed by atoms with E-state index in [0.29, 0.717) is 52.5 Å². The van der Waals surface area contributed by atoms with Crippen molar-refractivity contribution in [3.05, 3.63) is 0 Å². The summed E-state index contributed by atoms with van der Waals surface area (Å²) in [6, 6.07) is 0. The third-order valence-electron chi connectivity index (χ3n) is 4.97. The van der Waals surface area contributed by atoms with E-state index < -0.39 is 5.60 Å². The van der Waals surface area contributed by atoms with E-state index in [4.69, 9.17) is 9.47 Å². The molecule has 0 saturated carbocycles. The van der Waals surface area contributed by atoms with Gasteiger partial charge in [-0.3, -0.25) is 14.5 Å². The van der Waals surface area contributed by atoms with E-state index in [1.165, 1.54) is 0 Å². The van der Waals surface area contributed by atoms with Gasteiger partial charge in [0.1, 0.15) is 5.60 Å². The molecule has 2 rings (SSSR count). The molecule has 1 N–H and O–H groups in total. The summed E-state index contributed by atoms with van der Waals surface area (Å²) >= 11 is 0. The van der Waals surface area contributed by atoms with E-state index in [2.05, 4.69) is 24.1 Å². The van der Waals surface area contributed by atoms with E-state index in [1.54, 1.807) is 7.05 Å². The number of carbonyl (C=O) groups is 2. The minimum Gasteiger partial charge on any atom is -0.377 e. The molecule has 0 aliphatic carbocycles. The van der Waals surface area contributed by atoms with Crippen LogP contribution in [0.4, 0.5) is 0 Å². The molecule has 0 aromatic carbocycles. The number of nitrogens with zero attached hydrogens (tertiary/aromatic N) is 2. The van der Waals surface area contributed by atoms with Gasteiger partial charge in [0.25, 0.3) is 0 Å². The third kappa shape index (κ3) is 4.68. The molecule has 0 bridgehead atoms. The van der Waals surface area contributed by atoms with Crippen molar-refractivity contribution in [2.24, 2.45) is 5.92 Å². The zero-order valence-electron chi connectivity index (χ0n) is 15.2. The number of rotatable bonds is 5. The van der Waals surface area contributed by atoms with E-state index in [1.807, 2.05) is 4.90 Å². The molecule has 2 saturated heterocycles. The van der Waals surface area contributed by atoms with E-state index in [9.17, 15) is 9.59 Å². The number of ether oxygens (including phenoxy) is 2. The lowest BCUT2D eigenvalue weighted by atomic mass is 9.97. The predicted octanol–water partition coefficient (Wildman–Crippen LogP) is 0.0984. The number of hydrogen-bond acceptors (Lipinski definition) is 5. The van der Waals surface area contributed by atoms with Crippen molar-refractivity contribution >= 4 is 11.8 Å². The molecular formula is C17H31N3O4. The molecule has 1 atom stereocenters. The Kier molecular flexibility index (Phi) is 7.01. The Hall–Kier alpha value is -1.18. The number of amides is 2. The molecule has 138 valence electrons. The lowest BCUT2D eigenvalue weighted by Gasteiger charge is -2.44. The molecule has 7 heteroatoms. The second-order valence-electron chi connectivity index (χ2n) is 6.74. The van der Waals surface area contributed by atoms with Crippen LogP contribution in [0.1, 0.15) is 26.7 Å². The van der Waals surface area contributed by atoms with Crippen LogP contribution in [-0.4, -0.2) is 86.8 Å². The first kappa shape index (κ1) is 19.1. The highest BCUT2D eigenvalue weighted by atomic mass is 16.5. The standard InChI is InChI=1S/C17H31N3O4/c1-4-14(5-2)16(22)20-7-9-24-17(12-20)11-19(6-8-23-13-17)10-15(21)18-3/h14H,4-13H2,1-3H3,(H,18,21). The summed E-state index contributed by atoms with van der Waals surface area (Å²) in [5.74, 6) is 0.270. The van der Waals surface area contributed by atoms with Crippen molar-refractivity contribution in [1.29, 1.82) is 0 Å². The van der Waals surface area contributed by atoms with Crippen LogP contribution in [0.2, 0.25) is 0 Å². The van der Waals surface area contributed by atoms with Gasteiger partial charge in [0.2, 0.25) is 11.8 Å². The van der Waals surface area contributed by atoms with Crippen molar-refractivity contribution < 1.29 is 19.1 Å². The van der Waals surface area contributed by atoms with Crippen LogP contribution in [0.15, 0.2) is 0 Å².